The lowest BCUT2D eigenvalue weighted by Gasteiger charge is -2.16. The van der Waals surface area contributed by atoms with Crippen LogP contribution in [0.4, 0.5) is 5.69 Å². The van der Waals surface area contributed by atoms with Gasteiger partial charge in [0, 0.05) is 6.20 Å². The van der Waals surface area contributed by atoms with Crippen LogP contribution in [0.5, 0.6) is 5.75 Å². The minimum atomic E-state index is -0.360. The van der Waals surface area contributed by atoms with E-state index in [2.05, 4.69) is 4.98 Å². The van der Waals surface area contributed by atoms with E-state index in [1.54, 1.807) is 55.8 Å². The molecule has 1 aromatic heterocycles. The number of anilines is 1. The van der Waals surface area contributed by atoms with Crippen LogP contribution in [-0.4, -0.2) is 18.0 Å². The smallest absolute Gasteiger partial charge is 0.291 e. The molecule has 5 heteroatoms. The van der Waals surface area contributed by atoms with Crippen molar-refractivity contribution in [2.75, 3.05) is 12.1 Å². The highest BCUT2D eigenvalue weighted by molar-refractivity contribution is 6.03. The van der Waals surface area contributed by atoms with Crippen molar-refractivity contribution in [2.45, 2.75) is 0 Å². The lowest BCUT2D eigenvalue weighted by atomic mass is 10.2. The molecule has 0 bridgehead atoms. The maximum absolute atomic E-state index is 12.0. The number of benzene rings is 1. The highest BCUT2D eigenvalue weighted by Crippen LogP contribution is 2.18. The first-order valence-electron chi connectivity index (χ1n) is 5.36. The van der Waals surface area contributed by atoms with Gasteiger partial charge >= 0.3 is 0 Å². The van der Waals surface area contributed by atoms with Crippen LogP contribution < -0.4 is 15.6 Å². The largest absolute Gasteiger partial charge is 0.497 e. The minimum Gasteiger partial charge on any atom is -0.497 e. The number of nitrogens with two attached hydrogens (primary N) is 1. The van der Waals surface area contributed by atoms with Gasteiger partial charge in [-0.15, -0.1) is 0 Å². The first-order chi connectivity index (χ1) is 8.72. The Balaban J connectivity index is 2.20. The Morgan fingerprint density at radius 1 is 1.22 bits per heavy atom. The number of pyridine rings is 1. The number of ether oxygens (including phenoxy) is 1. The molecule has 2 aromatic rings. The molecule has 0 aliphatic carbocycles. The molecule has 0 saturated carbocycles. The molecule has 0 saturated heterocycles. The quantitative estimate of drug-likeness (QED) is 0.505. The van der Waals surface area contributed by atoms with Crippen LogP contribution in [-0.2, 0) is 0 Å². The van der Waals surface area contributed by atoms with Gasteiger partial charge in [0.05, 0.1) is 12.8 Å². The number of hydrogen-bond donors (Lipinski definition) is 1. The Kier molecular flexibility index (Phi) is 3.54. The van der Waals surface area contributed by atoms with Crippen LogP contribution in [0.2, 0.25) is 0 Å². The number of hydrogen-bond acceptors (Lipinski definition) is 4. The zero-order valence-electron chi connectivity index (χ0n) is 9.91. The third-order valence-corrected chi connectivity index (χ3v) is 2.45. The SMILES string of the molecule is COc1ccc(N(N)C(=O)c2ccccn2)cc1. The van der Waals surface area contributed by atoms with Crippen molar-refractivity contribution in [1.82, 2.24) is 4.98 Å². The van der Waals surface area contributed by atoms with Gasteiger partial charge in [-0.05, 0) is 36.4 Å². The van der Waals surface area contributed by atoms with E-state index in [1.807, 2.05) is 0 Å². The summed E-state index contributed by atoms with van der Waals surface area (Å²) in [6.07, 6.45) is 1.55. The second kappa shape index (κ2) is 5.29. The lowest BCUT2D eigenvalue weighted by Crippen LogP contribution is -2.37. The Labute approximate surface area is 105 Å². The van der Waals surface area contributed by atoms with Gasteiger partial charge in [0.25, 0.3) is 5.91 Å². The van der Waals surface area contributed by atoms with E-state index in [0.717, 1.165) is 5.01 Å². The van der Waals surface area contributed by atoms with Crippen molar-refractivity contribution < 1.29 is 9.53 Å². The molecule has 92 valence electrons. The molecule has 0 atom stereocenters. The van der Waals surface area contributed by atoms with E-state index in [-0.39, 0.29) is 5.91 Å². The van der Waals surface area contributed by atoms with Crippen molar-refractivity contribution in [1.29, 1.82) is 0 Å². The Bertz CT molecular complexity index is 526. The monoisotopic (exact) mass is 243 g/mol. The van der Waals surface area contributed by atoms with Gasteiger partial charge in [-0.25, -0.2) is 10.9 Å². The summed E-state index contributed by atoms with van der Waals surface area (Å²) in [4.78, 5) is 16.0. The normalized spacial score (nSPS) is 9.89. The first kappa shape index (κ1) is 12.1. The van der Waals surface area contributed by atoms with Gasteiger partial charge in [0.15, 0.2) is 0 Å². The van der Waals surface area contributed by atoms with Crippen molar-refractivity contribution in [3.63, 3.8) is 0 Å². The number of carbonyl (C=O) groups excluding carboxylic acids is 1. The maximum Gasteiger partial charge on any atom is 0.291 e. The molecular weight excluding hydrogens is 230 g/mol. The molecule has 18 heavy (non-hydrogen) atoms. The molecule has 2 rings (SSSR count). The first-order valence-corrected chi connectivity index (χ1v) is 5.36. The van der Waals surface area contributed by atoms with Crippen LogP contribution >= 0.6 is 0 Å². The highest BCUT2D eigenvalue weighted by atomic mass is 16.5. The molecule has 0 radical (unpaired) electrons. The van der Waals surface area contributed by atoms with Crippen molar-refractivity contribution in [3.05, 3.63) is 54.4 Å². The van der Waals surface area contributed by atoms with E-state index in [0.29, 0.717) is 17.1 Å². The number of methoxy groups -OCH3 is 1. The van der Waals surface area contributed by atoms with Crippen LogP contribution in [0.1, 0.15) is 10.5 Å². The third kappa shape index (κ3) is 2.46. The summed E-state index contributed by atoms with van der Waals surface area (Å²) >= 11 is 0. The fourth-order valence-electron chi connectivity index (χ4n) is 1.47. The van der Waals surface area contributed by atoms with Crippen molar-refractivity contribution in [2.24, 2.45) is 5.84 Å². The van der Waals surface area contributed by atoms with Gasteiger partial charge in [-0.1, -0.05) is 6.07 Å². The molecular formula is C13H13N3O2. The maximum atomic E-state index is 12.0. The van der Waals surface area contributed by atoms with Crippen LogP contribution in [0.15, 0.2) is 48.7 Å². The predicted molar refractivity (Wildman–Crippen MR) is 68.2 cm³/mol. The fourth-order valence-corrected chi connectivity index (χ4v) is 1.47. The molecule has 1 aromatic carbocycles. The standard InChI is InChI=1S/C13H13N3O2/c1-18-11-7-5-10(6-8-11)16(14)13(17)12-4-2-3-9-15-12/h2-9H,14H2,1H3. The number of carbonyl (C=O) groups is 1. The minimum absolute atomic E-state index is 0.302. The van der Waals surface area contributed by atoms with E-state index < -0.39 is 0 Å². The highest BCUT2D eigenvalue weighted by Gasteiger charge is 2.14. The molecule has 2 N–H and O–H groups in total. The van der Waals surface area contributed by atoms with Crippen molar-refractivity contribution in [3.8, 4) is 5.75 Å². The van der Waals surface area contributed by atoms with Gasteiger partial charge in [-0.3, -0.25) is 9.78 Å². The van der Waals surface area contributed by atoms with Gasteiger partial charge in [0.1, 0.15) is 11.4 Å². The zero-order valence-corrected chi connectivity index (χ0v) is 9.91. The van der Waals surface area contributed by atoms with E-state index in [1.165, 1.54) is 0 Å². The van der Waals surface area contributed by atoms with Crippen molar-refractivity contribution >= 4 is 11.6 Å². The van der Waals surface area contributed by atoms with Crippen LogP contribution in [0.25, 0.3) is 0 Å². The van der Waals surface area contributed by atoms with Crippen LogP contribution in [0, 0.1) is 0 Å². The average Bonchev–Trinajstić information content (AvgIpc) is 2.47. The summed E-state index contributed by atoms with van der Waals surface area (Å²) in [7, 11) is 1.58. The molecule has 0 unspecified atom stereocenters. The number of hydrazine groups is 1. The van der Waals surface area contributed by atoms with Gasteiger partial charge < -0.3 is 4.74 Å². The number of aromatic nitrogens is 1. The number of amides is 1. The summed E-state index contributed by atoms with van der Waals surface area (Å²) in [5.41, 5.74) is 0.877. The molecule has 0 spiro atoms. The molecule has 5 nitrogen and oxygen atoms in total. The molecule has 0 aliphatic heterocycles. The van der Waals surface area contributed by atoms with E-state index in [9.17, 15) is 4.79 Å². The Hall–Kier alpha value is -2.40. The lowest BCUT2D eigenvalue weighted by molar-refractivity contribution is 0.0982. The molecule has 0 fully saturated rings. The average molecular weight is 243 g/mol. The van der Waals surface area contributed by atoms with Gasteiger partial charge in [0.2, 0.25) is 0 Å². The molecule has 0 aliphatic rings. The second-order valence-corrected chi connectivity index (χ2v) is 3.59. The van der Waals surface area contributed by atoms with Crippen LogP contribution in [0.3, 0.4) is 0 Å². The van der Waals surface area contributed by atoms with E-state index in [4.69, 9.17) is 10.6 Å². The zero-order chi connectivity index (χ0) is 13.0. The molecule has 1 amide bonds. The summed E-state index contributed by atoms with van der Waals surface area (Å²) in [6, 6.07) is 12.0. The Morgan fingerprint density at radius 3 is 2.50 bits per heavy atom. The summed E-state index contributed by atoms with van der Waals surface area (Å²) in [5, 5.41) is 1.06. The Morgan fingerprint density at radius 2 is 1.94 bits per heavy atom. The number of nitrogens with zero attached hydrogens (tertiary/aromatic N) is 2. The third-order valence-electron chi connectivity index (χ3n) is 2.45. The second-order valence-electron chi connectivity index (χ2n) is 3.59. The van der Waals surface area contributed by atoms with Gasteiger partial charge in [-0.2, -0.15) is 0 Å². The summed E-state index contributed by atoms with van der Waals surface area (Å²) in [5.74, 6) is 6.11. The topological polar surface area (TPSA) is 68.5 Å². The fraction of sp³-hybridized carbons (Fsp3) is 0.0769. The molecule has 1 heterocycles. The predicted octanol–water partition coefficient (Wildman–Crippen LogP) is 1.61. The number of rotatable bonds is 3. The summed E-state index contributed by atoms with van der Waals surface area (Å²) in [6.45, 7) is 0. The van der Waals surface area contributed by atoms with E-state index >= 15 is 0 Å². The summed E-state index contributed by atoms with van der Waals surface area (Å²) < 4.78 is 5.04.